The van der Waals surface area contributed by atoms with Gasteiger partial charge in [-0.1, -0.05) is 29.8 Å². The predicted molar refractivity (Wildman–Crippen MR) is 126 cm³/mol. The van der Waals surface area contributed by atoms with E-state index < -0.39 is 29.6 Å². The largest absolute Gasteiger partial charge is 0.493 e. The molecule has 33 heavy (non-hydrogen) atoms. The van der Waals surface area contributed by atoms with Crippen molar-refractivity contribution in [2.45, 2.75) is 13.8 Å². The summed E-state index contributed by atoms with van der Waals surface area (Å²) in [5, 5.41) is 2.18. The molecule has 0 radical (unpaired) electrons. The molecule has 2 aromatic rings. The Morgan fingerprint density at radius 1 is 1.12 bits per heavy atom. The minimum absolute atomic E-state index is 0.0957. The summed E-state index contributed by atoms with van der Waals surface area (Å²) < 4.78 is 10.5. The minimum Gasteiger partial charge on any atom is -0.493 e. The molecule has 2 aromatic carbocycles. The van der Waals surface area contributed by atoms with Gasteiger partial charge in [-0.25, -0.2) is 4.79 Å². The number of nitrogens with one attached hydrogen (secondary N) is 1. The van der Waals surface area contributed by atoms with E-state index in [1.807, 2.05) is 13.0 Å². The van der Waals surface area contributed by atoms with Gasteiger partial charge >= 0.3 is 5.97 Å². The molecule has 3 rings (SSSR count). The molecule has 1 fully saturated rings. The molecule has 1 heterocycles. The van der Waals surface area contributed by atoms with E-state index in [1.54, 1.807) is 31.2 Å². The number of halogens is 1. The van der Waals surface area contributed by atoms with Crippen LogP contribution in [0.4, 0.5) is 10.5 Å². The summed E-state index contributed by atoms with van der Waals surface area (Å²) in [5.41, 5.74) is 1.03. The molecule has 3 amide bonds. The van der Waals surface area contributed by atoms with Crippen LogP contribution in [0.1, 0.15) is 29.8 Å². The van der Waals surface area contributed by atoms with Crippen molar-refractivity contribution in [2.24, 2.45) is 0 Å². The van der Waals surface area contributed by atoms with Crippen molar-refractivity contribution in [3.8, 4) is 5.75 Å². The number of para-hydroxylation sites is 1. The Balaban J connectivity index is 1.71. The molecule has 1 aliphatic rings. The van der Waals surface area contributed by atoms with Crippen LogP contribution in [0, 0.1) is 0 Å². The van der Waals surface area contributed by atoms with Gasteiger partial charge in [0.15, 0.2) is 0 Å². The monoisotopic (exact) mass is 488 g/mol. The van der Waals surface area contributed by atoms with E-state index in [0.717, 1.165) is 16.7 Å². The Labute approximate surface area is 199 Å². The van der Waals surface area contributed by atoms with Gasteiger partial charge in [0.25, 0.3) is 11.1 Å². The summed E-state index contributed by atoms with van der Waals surface area (Å²) in [7, 11) is 0. The molecule has 10 heteroatoms. The molecule has 172 valence electrons. The third-order valence-corrected chi connectivity index (χ3v) is 5.66. The van der Waals surface area contributed by atoms with Crippen molar-refractivity contribution >= 4 is 58.1 Å². The lowest BCUT2D eigenvalue weighted by Gasteiger charge is -2.13. The average Bonchev–Trinajstić information content (AvgIpc) is 3.04. The first kappa shape index (κ1) is 24.3. The van der Waals surface area contributed by atoms with E-state index in [2.05, 4.69) is 5.32 Å². The van der Waals surface area contributed by atoms with Gasteiger partial charge in [0.05, 0.1) is 28.7 Å². The number of nitrogens with zero attached hydrogens (tertiary/aromatic N) is 1. The maximum atomic E-state index is 12.8. The van der Waals surface area contributed by atoms with Gasteiger partial charge in [0, 0.05) is 11.3 Å². The van der Waals surface area contributed by atoms with Gasteiger partial charge in [0.2, 0.25) is 5.91 Å². The molecule has 0 spiro atoms. The van der Waals surface area contributed by atoms with Crippen molar-refractivity contribution in [3.63, 3.8) is 0 Å². The zero-order valence-corrected chi connectivity index (χ0v) is 19.5. The number of hydrogen-bond donors (Lipinski definition) is 1. The van der Waals surface area contributed by atoms with Crippen LogP contribution in [-0.4, -0.2) is 47.7 Å². The highest BCUT2D eigenvalue weighted by Gasteiger charge is 2.36. The second kappa shape index (κ2) is 11.0. The number of anilines is 1. The number of carbonyl (C=O) groups excluding carboxylic acids is 4. The van der Waals surface area contributed by atoms with Crippen molar-refractivity contribution in [1.29, 1.82) is 0 Å². The number of rotatable bonds is 8. The molecule has 0 atom stereocenters. The van der Waals surface area contributed by atoms with Crippen molar-refractivity contribution < 1.29 is 28.7 Å². The molecule has 1 saturated heterocycles. The van der Waals surface area contributed by atoms with Crippen LogP contribution >= 0.6 is 23.4 Å². The van der Waals surface area contributed by atoms with Crippen LogP contribution in [0.25, 0.3) is 6.08 Å². The molecule has 0 unspecified atom stereocenters. The number of carbonyl (C=O) groups is 4. The fourth-order valence-corrected chi connectivity index (χ4v) is 4.00. The maximum absolute atomic E-state index is 12.8. The highest BCUT2D eigenvalue weighted by atomic mass is 35.5. The van der Waals surface area contributed by atoms with Gasteiger partial charge in [-0.3, -0.25) is 19.3 Å². The van der Waals surface area contributed by atoms with Crippen molar-refractivity contribution in [2.75, 3.05) is 25.1 Å². The van der Waals surface area contributed by atoms with E-state index in [4.69, 9.17) is 21.1 Å². The lowest BCUT2D eigenvalue weighted by atomic mass is 10.2. The first-order valence-electron chi connectivity index (χ1n) is 10.1. The third-order valence-electron chi connectivity index (χ3n) is 4.43. The van der Waals surface area contributed by atoms with Gasteiger partial charge < -0.3 is 14.8 Å². The van der Waals surface area contributed by atoms with E-state index >= 15 is 0 Å². The number of imide groups is 1. The van der Waals surface area contributed by atoms with E-state index in [1.165, 1.54) is 18.2 Å². The standard InChI is InChI=1S/C23H21ClN2O6S/c1-3-31-18-8-6-5-7-14(18)11-19-21(28)26(23(30)33-19)13-20(27)25-15-9-10-17(24)16(12-15)22(29)32-4-2/h5-12H,3-4,13H2,1-2H3,(H,25,27)/b19-11+. The molecule has 1 aliphatic heterocycles. The fraction of sp³-hybridized carbons (Fsp3) is 0.217. The first-order chi connectivity index (χ1) is 15.8. The molecule has 8 nitrogen and oxygen atoms in total. The Bertz CT molecular complexity index is 1130. The summed E-state index contributed by atoms with van der Waals surface area (Å²) in [6.45, 7) is 3.66. The Morgan fingerprint density at radius 3 is 2.61 bits per heavy atom. The predicted octanol–water partition coefficient (Wildman–Crippen LogP) is 4.59. The second-order valence-corrected chi connectivity index (χ2v) is 8.10. The van der Waals surface area contributed by atoms with E-state index in [0.29, 0.717) is 17.9 Å². The number of amides is 3. The number of thioether (sulfide) groups is 1. The molecular weight excluding hydrogens is 468 g/mol. The number of benzene rings is 2. The third kappa shape index (κ3) is 5.94. The van der Waals surface area contributed by atoms with Gasteiger partial charge in [-0.05, 0) is 56.0 Å². The van der Waals surface area contributed by atoms with Crippen molar-refractivity contribution in [3.05, 3.63) is 63.5 Å². The summed E-state index contributed by atoms with van der Waals surface area (Å²) in [6, 6.07) is 11.5. The maximum Gasteiger partial charge on any atom is 0.339 e. The molecule has 0 bridgehead atoms. The lowest BCUT2D eigenvalue weighted by Crippen LogP contribution is -2.36. The normalized spacial score (nSPS) is 14.5. The quantitative estimate of drug-likeness (QED) is 0.428. The number of esters is 1. The summed E-state index contributed by atoms with van der Waals surface area (Å²) >= 11 is 6.77. The molecule has 1 N–H and O–H groups in total. The van der Waals surface area contributed by atoms with Crippen LogP contribution in [0.3, 0.4) is 0 Å². The van der Waals surface area contributed by atoms with Gasteiger partial charge in [-0.15, -0.1) is 0 Å². The van der Waals surface area contributed by atoms with Crippen LogP contribution in [0.15, 0.2) is 47.4 Å². The number of hydrogen-bond acceptors (Lipinski definition) is 7. The second-order valence-electron chi connectivity index (χ2n) is 6.70. The lowest BCUT2D eigenvalue weighted by molar-refractivity contribution is -0.127. The van der Waals surface area contributed by atoms with Crippen molar-refractivity contribution in [1.82, 2.24) is 4.90 Å². The molecule has 0 aromatic heterocycles. The summed E-state index contributed by atoms with van der Waals surface area (Å²) in [5.74, 6) is -1.22. The van der Waals surface area contributed by atoms with Crippen LogP contribution in [-0.2, 0) is 14.3 Å². The minimum atomic E-state index is -0.623. The van der Waals surface area contributed by atoms with Gasteiger partial charge in [-0.2, -0.15) is 0 Å². The molecule has 0 aliphatic carbocycles. The summed E-state index contributed by atoms with van der Waals surface area (Å²) in [6.07, 6.45) is 1.57. The average molecular weight is 489 g/mol. The number of ether oxygens (including phenoxy) is 2. The molecular formula is C23H21ClN2O6S. The highest BCUT2D eigenvalue weighted by molar-refractivity contribution is 8.18. The fourth-order valence-electron chi connectivity index (χ4n) is 2.98. The first-order valence-corrected chi connectivity index (χ1v) is 11.3. The Kier molecular flexibility index (Phi) is 8.13. The Morgan fingerprint density at radius 2 is 1.88 bits per heavy atom. The van der Waals surface area contributed by atoms with Crippen LogP contribution in [0.5, 0.6) is 5.75 Å². The smallest absolute Gasteiger partial charge is 0.339 e. The molecule has 0 saturated carbocycles. The summed E-state index contributed by atoms with van der Waals surface area (Å²) in [4.78, 5) is 50.7. The Hall–Kier alpha value is -3.30. The zero-order valence-electron chi connectivity index (χ0n) is 17.9. The topological polar surface area (TPSA) is 102 Å². The highest BCUT2D eigenvalue weighted by Crippen LogP contribution is 2.34. The zero-order chi connectivity index (χ0) is 24.0. The van der Waals surface area contributed by atoms with Gasteiger partial charge in [0.1, 0.15) is 12.3 Å². The van der Waals surface area contributed by atoms with Crippen LogP contribution < -0.4 is 10.1 Å². The van der Waals surface area contributed by atoms with E-state index in [-0.39, 0.29) is 27.8 Å². The SMILES string of the molecule is CCOC(=O)c1cc(NC(=O)CN2C(=O)S/C(=C/c3ccccc3OCC)C2=O)ccc1Cl. The van der Waals surface area contributed by atoms with Crippen LogP contribution in [0.2, 0.25) is 5.02 Å². The van der Waals surface area contributed by atoms with E-state index in [9.17, 15) is 19.2 Å².